The Kier molecular flexibility index (Phi) is 10.6. The van der Waals surface area contributed by atoms with E-state index >= 15 is 0 Å². The number of ether oxygens (including phenoxy) is 1. The highest BCUT2D eigenvalue weighted by Crippen LogP contribution is 2.21. The van der Waals surface area contributed by atoms with Gasteiger partial charge < -0.3 is 9.84 Å². The minimum atomic E-state index is -3.68. The van der Waals surface area contributed by atoms with E-state index in [-0.39, 0.29) is 10.6 Å². The molecule has 0 atom stereocenters. The first-order valence-electron chi connectivity index (χ1n) is 11.1. The van der Waals surface area contributed by atoms with Crippen LogP contribution in [0.5, 0.6) is 11.5 Å². The Bertz CT molecular complexity index is 817. The number of hydrogen-bond donors (Lipinski definition) is 2. The van der Waals surface area contributed by atoms with Crippen molar-refractivity contribution in [3.8, 4) is 11.5 Å². The van der Waals surface area contributed by atoms with E-state index in [1.807, 2.05) is 0 Å². The molecule has 0 bridgehead atoms. The maximum atomic E-state index is 12.4. The number of anilines is 1. The van der Waals surface area contributed by atoms with Gasteiger partial charge in [-0.05, 0) is 55.0 Å². The van der Waals surface area contributed by atoms with Crippen LogP contribution in [0.3, 0.4) is 0 Å². The number of rotatable bonds is 15. The van der Waals surface area contributed by atoms with Gasteiger partial charge in [0.05, 0.1) is 11.5 Å². The second kappa shape index (κ2) is 13.2. The summed E-state index contributed by atoms with van der Waals surface area (Å²) in [7, 11) is -3.68. The molecular weight excluding hydrogens is 398 g/mol. The Morgan fingerprint density at radius 1 is 0.767 bits per heavy atom. The number of benzene rings is 2. The van der Waals surface area contributed by atoms with Crippen LogP contribution in [0.25, 0.3) is 0 Å². The van der Waals surface area contributed by atoms with Gasteiger partial charge in [0.25, 0.3) is 10.0 Å². The summed E-state index contributed by atoms with van der Waals surface area (Å²) >= 11 is 0. The van der Waals surface area contributed by atoms with Crippen molar-refractivity contribution in [3.63, 3.8) is 0 Å². The molecule has 0 saturated heterocycles. The van der Waals surface area contributed by atoms with Crippen molar-refractivity contribution < 1.29 is 18.3 Å². The summed E-state index contributed by atoms with van der Waals surface area (Å²) in [6.45, 7) is 2.89. The van der Waals surface area contributed by atoms with E-state index in [1.165, 1.54) is 87.8 Å². The van der Waals surface area contributed by atoms with Crippen LogP contribution in [-0.4, -0.2) is 20.1 Å². The zero-order valence-corrected chi connectivity index (χ0v) is 18.8. The standard InChI is InChI=1S/C24H35NO4S/c1-2-3-4-5-6-7-8-9-10-11-20-29-23-16-18-24(19-17-23)30(27,28)25-21-12-14-22(26)15-13-21/h12-19,25-26H,2-11,20H2,1H3. The maximum absolute atomic E-state index is 12.4. The molecular formula is C24H35NO4S. The molecule has 30 heavy (non-hydrogen) atoms. The van der Waals surface area contributed by atoms with Crippen molar-refractivity contribution in [2.24, 2.45) is 0 Å². The number of aromatic hydroxyl groups is 1. The normalized spacial score (nSPS) is 11.4. The third kappa shape index (κ3) is 9.08. The fourth-order valence-electron chi connectivity index (χ4n) is 3.24. The highest BCUT2D eigenvalue weighted by molar-refractivity contribution is 7.92. The molecule has 0 unspecified atom stereocenters. The van der Waals surface area contributed by atoms with Crippen LogP contribution in [0.1, 0.15) is 71.1 Å². The first-order valence-corrected chi connectivity index (χ1v) is 12.5. The molecule has 0 aliphatic carbocycles. The summed E-state index contributed by atoms with van der Waals surface area (Å²) in [6, 6.07) is 12.3. The molecule has 0 fully saturated rings. The Balaban J connectivity index is 1.64. The van der Waals surface area contributed by atoms with E-state index in [4.69, 9.17) is 4.74 Å². The van der Waals surface area contributed by atoms with Gasteiger partial charge >= 0.3 is 0 Å². The topological polar surface area (TPSA) is 75.6 Å². The van der Waals surface area contributed by atoms with Crippen molar-refractivity contribution in [1.29, 1.82) is 0 Å². The largest absolute Gasteiger partial charge is 0.508 e. The summed E-state index contributed by atoms with van der Waals surface area (Å²) in [4.78, 5) is 0.168. The lowest BCUT2D eigenvalue weighted by molar-refractivity contribution is 0.304. The fourth-order valence-corrected chi connectivity index (χ4v) is 4.30. The van der Waals surface area contributed by atoms with Crippen molar-refractivity contribution >= 4 is 15.7 Å². The van der Waals surface area contributed by atoms with Gasteiger partial charge in [-0.1, -0.05) is 64.7 Å². The Hall–Kier alpha value is -2.21. The molecule has 2 rings (SSSR count). The minimum absolute atomic E-state index is 0.0851. The number of unbranched alkanes of at least 4 members (excludes halogenated alkanes) is 9. The van der Waals surface area contributed by atoms with Gasteiger partial charge in [0, 0.05) is 5.69 Å². The van der Waals surface area contributed by atoms with Crippen LogP contribution in [0.2, 0.25) is 0 Å². The number of nitrogens with one attached hydrogen (secondary N) is 1. The van der Waals surface area contributed by atoms with E-state index in [1.54, 1.807) is 12.1 Å². The molecule has 0 heterocycles. The number of phenolic OH excluding ortho intramolecular Hbond substituents is 1. The molecule has 2 N–H and O–H groups in total. The van der Waals surface area contributed by atoms with Gasteiger partial charge in [-0.25, -0.2) is 8.42 Å². The van der Waals surface area contributed by atoms with Crippen LogP contribution in [-0.2, 0) is 10.0 Å². The molecule has 0 amide bonds. The molecule has 6 heteroatoms. The minimum Gasteiger partial charge on any atom is -0.508 e. The van der Waals surface area contributed by atoms with Gasteiger partial charge in [0.15, 0.2) is 0 Å². The molecule has 0 radical (unpaired) electrons. The van der Waals surface area contributed by atoms with Crippen molar-refractivity contribution in [2.45, 2.75) is 76.0 Å². The monoisotopic (exact) mass is 433 g/mol. The number of phenols is 1. The predicted molar refractivity (Wildman–Crippen MR) is 123 cm³/mol. The third-order valence-corrected chi connectivity index (χ3v) is 6.42. The zero-order valence-electron chi connectivity index (χ0n) is 18.0. The molecule has 0 aromatic heterocycles. The van der Waals surface area contributed by atoms with Crippen LogP contribution in [0, 0.1) is 0 Å². The Morgan fingerprint density at radius 3 is 1.87 bits per heavy atom. The van der Waals surface area contributed by atoms with E-state index in [2.05, 4.69) is 11.6 Å². The summed E-state index contributed by atoms with van der Waals surface area (Å²) in [5, 5.41) is 9.29. The van der Waals surface area contributed by atoms with Crippen molar-refractivity contribution in [1.82, 2.24) is 0 Å². The third-order valence-electron chi connectivity index (χ3n) is 5.02. The fraction of sp³-hybridized carbons (Fsp3) is 0.500. The number of hydrogen-bond acceptors (Lipinski definition) is 4. The average molecular weight is 434 g/mol. The second-order valence-corrected chi connectivity index (χ2v) is 9.34. The van der Waals surface area contributed by atoms with Gasteiger partial charge in [-0.2, -0.15) is 0 Å². The zero-order chi connectivity index (χ0) is 21.7. The lowest BCUT2D eigenvalue weighted by Gasteiger charge is -2.10. The van der Waals surface area contributed by atoms with Gasteiger partial charge in [0.2, 0.25) is 0 Å². The van der Waals surface area contributed by atoms with Crippen LogP contribution >= 0.6 is 0 Å². The van der Waals surface area contributed by atoms with Gasteiger partial charge in [-0.15, -0.1) is 0 Å². The highest BCUT2D eigenvalue weighted by Gasteiger charge is 2.14. The molecule has 0 aliphatic heterocycles. The van der Waals surface area contributed by atoms with Crippen LogP contribution in [0.15, 0.2) is 53.4 Å². The first-order chi connectivity index (χ1) is 14.5. The lowest BCUT2D eigenvalue weighted by atomic mass is 10.1. The summed E-state index contributed by atoms with van der Waals surface area (Å²) < 4.78 is 33.1. The summed E-state index contributed by atoms with van der Waals surface area (Å²) in [6.07, 6.45) is 12.8. The molecule has 0 aliphatic rings. The Labute approximate surface area is 181 Å². The maximum Gasteiger partial charge on any atom is 0.261 e. The summed E-state index contributed by atoms with van der Waals surface area (Å²) in [5.41, 5.74) is 0.397. The number of sulfonamides is 1. The molecule has 2 aromatic rings. The van der Waals surface area contributed by atoms with E-state index in [0.29, 0.717) is 18.0 Å². The summed E-state index contributed by atoms with van der Waals surface area (Å²) in [5.74, 6) is 0.761. The van der Waals surface area contributed by atoms with Crippen LogP contribution < -0.4 is 9.46 Å². The molecule has 166 valence electrons. The highest BCUT2D eigenvalue weighted by atomic mass is 32.2. The second-order valence-electron chi connectivity index (χ2n) is 7.65. The smallest absolute Gasteiger partial charge is 0.261 e. The Morgan fingerprint density at radius 2 is 1.30 bits per heavy atom. The first kappa shape index (κ1) is 24.1. The van der Waals surface area contributed by atoms with E-state index in [0.717, 1.165) is 12.8 Å². The van der Waals surface area contributed by atoms with E-state index < -0.39 is 10.0 Å². The average Bonchev–Trinajstić information content (AvgIpc) is 2.74. The van der Waals surface area contributed by atoms with Crippen LogP contribution in [0.4, 0.5) is 5.69 Å². The van der Waals surface area contributed by atoms with Crippen molar-refractivity contribution in [2.75, 3.05) is 11.3 Å². The molecule has 0 spiro atoms. The predicted octanol–water partition coefficient (Wildman–Crippen LogP) is 6.49. The van der Waals surface area contributed by atoms with Crippen molar-refractivity contribution in [3.05, 3.63) is 48.5 Å². The lowest BCUT2D eigenvalue weighted by Crippen LogP contribution is -2.12. The van der Waals surface area contributed by atoms with E-state index in [9.17, 15) is 13.5 Å². The molecule has 2 aromatic carbocycles. The SMILES string of the molecule is CCCCCCCCCCCCOc1ccc(S(=O)(=O)Nc2ccc(O)cc2)cc1. The van der Waals surface area contributed by atoms with Gasteiger partial charge in [-0.3, -0.25) is 4.72 Å². The van der Waals surface area contributed by atoms with Gasteiger partial charge in [0.1, 0.15) is 11.5 Å². The molecule has 5 nitrogen and oxygen atoms in total. The molecule has 0 saturated carbocycles. The quantitative estimate of drug-likeness (QED) is 0.248.